The molecule has 11 heavy (non-hydrogen) atoms. The first kappa shape index (κ1) is 10.3. The summed E-state index contributed by atoms with van der Waals surface area (Å²) in [6.07, 6.45) is 0. The summed E-state index contributed by atoms with van der Waals surface area (Å²) < 4.78 is 0. The van der Waals surface area contributed by atoms with Crippen molar-refractivity contribution in [3.63, 3.8) is 0 Å². The summed E-state index contributed by atoms with van der Waals surface area (Å²) in [7, 11) is 0. The number of carboxylic acids is 1. The molecule has 0 aromatic carbocycles. The Bertz CT molecular complexity index is 160. The van der Waals surface area contributed by atoms with Gasteiger partial charge in [-0.05, 0) is 13.8 Å². The fraction of sp³-hybridized carbons (Fsp3) is 0.667. The van der Waals surface area contributed by atoms with Crippen LogP contribution in [0.3, 0.4) is 0 Å². The van der Waals surface area contributed by atoms with E-state index in [1.165, 1.54) is 6.92 Å². The van der Waals surface area contributed by atoms with Gasteiger partial charge < -0.3 is 5.11 Å². The van der Waals surface area contributed by atoms with Gasteiger partial charge in [0, 0.05) is 0 Å². The van der Waals surface area contributed by atoms with Crippen LogP contribution in [0.5, 0.6) is 0 Å². The Labute approximate surface area is 70.5 Å². The summed E-state index contributed by atoms with van der Waals surface area (Å²) >= 11 is 4.70. The van der Waals surface area contributed by atoms with E-state index >= 15 is 0 Å². The van der Waals surface area contributed by atoms with Gasteiger partial charge in [-0.25, -0.2) is 0 Å². The van der Waals surface area contributed by atoms with Crippen LogP contribution in [0.25, 0.3) is 0 Å². The molecule has 0 aliphatic carbocycles. The zero-order valence-electron chi connectivity index (χ0n) is 6.46. The van der Waals surface area contributed by atoms with Crippen LogP contribution in [-0.2, 0) is 9.63 Å². The van der Waals surface area contributed by atoms with Crippen LogP contribution in [0, 0.1) is 5.92 Å². The zero-order chi connectivity index (χ0) is 8.85. The molecule has 0 radical (unpaired) electrons. The van der Waals surface area contributed by atoms with Crippen molar-refractivity contribution in [1.29, 1.82) is 0 Å². The number of thiocarbonyl (C=S) groups is 1. The number of carbonyl (C=O) groups is 1. The predicted molar refractivity (Wildman–Crippen MR) is 44.2 cm³/mol. The second-order valence-corrected chi connectivity index (χ2v) is 2.40. The smallest absolute Gasteiger partial charge is 0.313 e. The average molecular weight is 177 g/mol. The van der Waals surface area contributed by atoms with Crippen molar-refractivity contribution in [3.05, 3.63) is 0 Å². The highest BCUT2D eigenvalue weighted by atomic mass is 32.1. The first-order valence-electron chi connectivity index (χ1n) is 3.24. The van der Waals surface area contributed by atoms with Crippen molar-refractivity contribution in [2.75, 3.05) is 6.61 Å². The van der Waals surface area contributed by atoms with Crippen molar-refractivity contribution >= 4 is 23.2 Å². The van der Waals surface area contributed by atoms with Gasteiger partial charge in [0.25, 0.3) is 0 Å². The molecule has 4 nitrogen and oxygen atoms in total. The summed E-state index contributed by atoms with van der Waals surface area (Å²) in [4.78, 5) is 15.2. The van der Waals surface area contributed by atoms with E-state index in [0.29, 0.717) is 6.61 Å². The van der Waals surface area contributed by atoms with Gasteiger partial charge in [-0.2, -0.15) is 0 Å². The molecule has 0 aliphatic heterocycles. The lowest BCUT2D eigenvalue weighted by atomic mass is 10.2. The molecule has 0 bridgehead atoms. The highest BCUT2D eigenvalue weighted by Gasteiger charge is 2.15. The Morgan fingerprint density at radius 2 is 2.36 bits per heavy atom. The molecule has 0 heterocycles. The standard InChI is InChI=1S/C6H11NO3S/c1-3-10-7-5(11)4(2)6(8)9/h4H,3H2,1-2H3,(H,7,11)(H,8,9). The zero-order valence-corrected chi connectivity index (χ0v) is 7.27. The van der Waals surface area contributed by atoms with Gasteiger partial charge in [-0.3, -0.25) is 15.1 Å². The van der Waals surface area contributed by atoms with Gasteiger partial charge in [-0.1, -0.05) is 12.2 Å². The molecular formula is C6H11NO3S. The number of hydrogen-bond donors (Lipinski definition) is 2. The van der Waals surface area contributed by atoms with Crippen LogP contribution in [-0.4, -0.2) is 22.7 Å². The molecule has 64 valence electrons. The number of nitrogens with one attached hydrogen (secondary N) is 1. The van der Waals surface area contributed by atoms with Crippen molar-refractivity contribution in [2.24, 2.45) is 5.92 Å². The molecule has 0 spiro atoms. The van der Waals surface area contributed by atoms with Crippen LogP contribution in [0.4, 0.5) is 0 Å². The third-order valence-electron chi connectivity index (χ3n) is 1.08. The molecule has 0 saturated carbocycles. The first-order chi connectivity index (χ1) is 5.09. The maximum Gasteiger partial charge on any atom is 0.313 e. The maximum atomic E-state index is 10.3. The number of rotatable bonds is 4. The van der Waals surface area contributed by atoms with E-state index in [1.807, 2.05) is 0 Å². The molecule has 0 amide bonds. The summed E-state index contributed by atoms with van der Waals surface area (Å²) in [5.41, 5.74) is 2.36. The minimum Gasteiger partial charge on any atom is -0.481 e. The monoisotopic (exact) mass is 177 g/mol. The lowest BCUT2D eigenvalue weighted by molar-refractivity contribution is -0.139. The van der Waals surface area contributed by atoms with Gasteiger partial charge >= 0.3 is 5.97 Å². The maximum absolute atomic E-state index is 10.3. The van der Waals surface area contributed by atoms with Gasteiger partial charge in [0.15, 0.2) is 0 Å². The molecule has 0 aromatic heterocycles. The topological polar surface area (TPSA) is 58.6 Å². The van der Waals surface area contributed by atoms with E-state index in [2.05, 4.69) is 5.48 Å². The van der Waals surface area contributed by atoms with Crippen molar-refractivity contribution in [2.45, 2.75) is 13.8 Å². The quantitative estimate of drug-likeness (QED) is 0.486. The Kier molecular flexibility index (Phi) is 4.72. The number of aliphatic carboxylic acids is 1. The molecule has 0 aliphatic rings. The largest absolute Gasteiger partial charge is 0.481 e. The third-order valence-corrected chi connectivity index (χ3v) is 1.52. The van der Waals surface area contributed by atoms with Crippen molar-refractivity contribution in [1.82, 2.24) is 5.48 Å². The molecule has 0 aromatic rings. The van der Waals surface area contributed by atoms with Crippen LogP contribution in [0.15, 0.2) is 0 Å². The molecule has 1 unspecified atom stereocenters. The molecule has 5 heteroatoms. The molecule has 1 atom stereocenters. The van der Waals surface area contributed by atoms with Crippen LogP contribution >= 0.6 is 12.2 Å². The Morgan fingerprint density at radius 3 is 2.73 bits per heavy atom. The second kappa shape index (κ2) is 5.03. The fourth-order valence-electron chi connectivity index (χ4n) is 0.344. The summed E-state index contributed by atoms with van der Waals surface area (Å²) in [6, 6.07) is 0. The highest BCUT2D eigenvalue weighted by Crippen LogP contribution is 1.96. The fourth-order valence-corrected chi connectivity index (χ4v) is 0.504. The molecule has 0 fully saturated rings. The highest BCUT2D eigenvalue weighted by molar-refractivity contribution is 7.80. The summed E-state index contributed by atoms with van der Waals surface area (Å²) in [5.74, 6) is -1.65. The predicted octanol–water partition coefficient (Wildman–Crippen LogP) is 0.576. The minimum atomic E-state index is -0.956. The van der Waals surface area contributed by atoms with E-state index < -0.39 is 11.9 Å². The normalized spacial score (nSPS) is 12.2. The molecule has 0 saturated heterocycles. The van der Waals surface area contributed by atoms with E-state index in [4.69, 9.17) is 22.2 Å². The van der Waals surface area contributed by atoms with E-state index in [0.717, 1.165) is 0 Å². The van der Waals surface area contributed by atoms with Crippen LogP contribution < -0.4 is 5.48 Å². The third kappa shape index (κ3) is 3.90. The van der Waals surface area contributed by atoms with E-state index in [9.17, 15) is 4.79 Å². The second-order valence-electron chi connectivity index (χ2n) is 1.96. The van der Waals surface area contributed by atoms with Crippen LogP contribution in [0.1, 0.15) is 13.8 Å². The summed E-state index contributed by atoms with van der Waals surface area (Å²) in [5, 5.41) is 8.47. The Hall–Kier alpha value is -0.680. The van der Waals surface area contributed by atoms with Crippen molar-refractivity contribution < 1.29 is 14.7 Å². The van der Waals surface area contributed by atoms with Gasteiger partial charge in [0.1, 0.15) is 10.9 Å². The molecule has 0 rings (SSSR count). The van der Waals surface area contributed by atoms with Gasteiger partial charge in [0.05, 0.1) is 6.61 Å². The average Bonchev–Trinajstić information content (AvgIpc) is 1.98. The van der Waals surface area contributed by atoms with E-state index in [-0.39, 0.29) is 4.99 Å². The van der Waals surface area contributed by atoms with E-state index in [1.54, 1.807) is 6.92 Å². The lowest BCUT2D eigenvalue weighted by Crippen LogP contribution is -2.31. The van der Waals surface area contributed by atoms with Crippen molar-refractivity contribution in [3.8, 4) is 0 Å². The van der Waals surface area contributed by atoms with Crippen LogP contribution in [0.2, 0.25) is 0 Å². The Balaban J connectivity index is 3.74. The number of carboxylic acid groups (broad SMARTS) is 1. The van der Waals surface area contributed by atoms with Gasteiger partial charge in [0.2, 0.25) is 0 Å². The first-order valence-corrected chi connectivity index (χ1v) is 3.64. The Morgan fingerprint density at radius 1 is 1.82 bits per heavy atom. The van der Waals surface area contributed by atoms with Gasteiger partial charge in [-0.15, -0.1) is 0 Å². The lowest BCUT2D eigenvalue weighted by Gasteiger charge is -2.09. The summed E-state index contributed by atoms with van der Waals surface area (Å²) in [6.45, 7) is 3.73. The SMILES string of the molecule is CCONC(=S)C(C)C(=O)O. The number of hydrogen-bond acceptors (Lipinski definition) is 3. The molecule has 2 N–H and O–H groups in total. The molecular weight excluding hydrogens is 166 g/mol. The minimum absolute atomic E-state index is 0.194. The number of hydroxylamine groups is 1.